The Morgan fingerprint density at radius 3 is 2.80 bits per heavy atom. The maximum Gasteiger partial charge on any atom is 0.252 e. The molecule has 5 rings (SSSR count). The van der Waals surface area contributed by atoms with Crippen LogP contribution >= 0.6 is 0 Å². The van der Waals surface area contributed by atoms with Crippen LogP contribution in [0.5, 0.6) is 0 Å². The molecule has 1 aliphatic carbocycles. The molecule has 1 aromatic carbocycles. The topological polar surface area (TPSA) is 77.6 Å². The van der Waals surface area contributed by atoms with E-state index in [1.807, 2.05) is 11.5 Å². The Bertz CT molecular complexity index is 1290. The highest BCUT2D eigenvalue weighted by Crippen LogP contribution is 2.31. The molecule has 3 aromatic heterocycles. The lowest BCUT2D eigenvalue weighted by Crippen LogP contribution is -2.24. The van der Waals surface area contributed by atoms with Crippen molar-refractivity contribution in [1.82, 2.24) is 24.3 Å². The van der Waals surface area contributed by atoms with Gasteiger partial charge in [0.2, 0.25) is 5.95 Å². The van der Waals surface area contributed by atoms with Crippen molar-refractivity contribution in [1.29, 1.82) is 0 Å². The summed E-state index contributed by atoms with van der Waals surface area (Å²) < 4.78 is 16.9. The van der Waals surface area contributed by atoms with Crippen molar-refractivity contribution in [2.45, 2.75) is 38.6 Å². The fourth-order valence-electron chi connectivity index (χ4n) is 4.11. The molecular weight excluding hydrogens is 383 g/mol. The molecule has 1 fully saturated rings. The lowest BCUT2D eigenvalue weighted by molar-refractivity contribution is 0.515. The maximum atomic E-state index is 13.5. The third-order valence-corrected chi connectivity index (χ3v) is 5.59. The first-order valence-electron chi connectivity index (χ1n) is 10.1. The Balaban J connectivity index is 1.51. The summed E-state index contributed by atoms with van der Waals surface area (Å²) in [6, 6.07) is 9.81. The van der Waals surface area contributed by atoms with Gasteiger partial charge in [0, 0.05) is 36.0 Å². The highest BCUT2D eigenvalue weighted by molar-refractivity contribution is 5.79. The Kier molecular flexibility index (Phi) is 4.54. The van der Waals surface area contributed by atoms with Gasteiger partial charge in [-0.1, -0.05) is 18.9 Å². The predicted molar refractivity (Wildman–Crippen MR) is 113 cm³/mol. The fourth-order valence-corrected chi connectivity index (χ4v) is 4.11. The molecule has 3 heterocycles. The molecule has 1 aliphatic rings. The molecule has 30 heavy (non-hydrogen) atoms. The third kappa shape index (κ3) is 3.34. The molecule has 0 radical (unpaired) electrons. The number of aromatic nitrogens is 5. The van der Waals surface area contributed by atoms with Crippen molar-refractivity contribution >= 4 is 22.8 Å². The van der Waals surface area contributed by atoms with E-state index in [0.717, 1.165) is 36.6 Å². The summed E-state index contributed by atoms with van der Waals surface area (Å²) in [5.41, 5.74) is 2.11. The highest BCUT2D eigenvalue weighted by Gasteiger charge is 2.21. The van der Waals surface area contributed by atoms with E-state index < -0.39 is 0 Å². The van der Waals surface area contributed by atoms with Crippen molar-refractivity contribution in [3.63, 3.8) is 0 Å². The van der Waals surface area contributed by atoms with Gasteiger partial charge < -0.3 is 5.32 Å². The van der Waals surface area contributed by atoms with Gasteiger partial charge in [0.25, 0.3) is 5.56 Å². The van der Waals surface area contributed by atoms with Crippen molar-refractivity contribution in [2.24, 2.45) is 0 Å². The van der Waals surface area contributed by atoms with Crippen LogP contribution in [0, 0.1) is 12.7 Å². The second-order valence-corrected chi connectivity index (χ2v) is 7.66. The molecule has 0 aliphatic heterocycles. The van der Waals surface area contributed by atoms with E-state index in [9.17, 15) is 9.18 Å². The van der Waals surface area contributed by atoms with Gasteiger partial charge in [0.1, 0.15) is 11.5 Å². The van der Waals surface area contributed by atoms with E-state index in [2.05, 4.69) is 20.4 Å². The largest absolute Gasteiger partial charge is 0.307 e. The van der Waals surface area contributed by atoms with Crippen LogP contribution in [0.4, 0.5) is 16.2 Å². The molecule has 0 amide bonds. The SMILES string of the molecule is Cc1cc(=O)n(C2CCCC2)c2nc(Nc3ccn(-c4cccc(F)c4)n3)ncc12. The van der Waals surface area contributed by atoms with Gasteiger partial charge in [0.15, 0.2) is 5.82 Å². The second-order valence-electron chi connectivity index (χ2n) is 7.66. The van der Waals surface area contributed by atoms with E-state index in [0.29, 0.717) is 23.1 Å². The van der Waals surface area contributed by atoms with E-state index in [1.54, 1.807) is 41.3 Å². The van der Waals surface area contributed by atoms with Gasteiger partial charge in [-0.05, 0) is 43.5 Å². The molecule has 0 atom stereocenters. The Hall–Kier alpha value is -3.55. The minimum absolute atomic E-state index is 0.0214. The standard InChI is InChI=1S/C22H21FN6O/c1-14-11-20(30)29(16-6-2-3-7-16)21-18(14)13-24-22(26-21)25-19-9-10-28(27-19)17-8-4-5-15(23)12-17/h4-5,8-13,16H,2-3,6-7H2,1H3,(H,24,25,26,27). The van der Waals surface area contributed by atoms with Crippen molar-refractivity contribution < 1.29 is 4.39 Å². The maximum absolute atomic E-state index is 13.5. The van der Waals surface area contributed by atoms with Crippen LogP contribution in [0.1, 0.15) is 37.3 Å². The number of hydrogen-bond acceptors (Lipinski definition) is 5. The summed E-state index contributed by atoms with van der Waals surface area (Å²) in [4.78, 5) is 21.8. The molecule has 7 nitrogen and oxygen atoms in total. The van der Waals surface area contributed by atoms with Crippen LogP contribution in [0.25, 0.3) is 16.7 Å². The van der Waals surface area contributed by atoms with Crippen LogP contribution in [0.3, 0.4) is 0 Å². The highest BCUT2D eigenvalue weighted by atomic mass is 19.1. The number of pyridine rings is 1. The van der Waals surface area contributed by atoms with E-state index in [-0.39, 0.29) is 17.4 Å². The van der Waals surface area contributed by atoms with Gasteiger partial charge in [-0.15, -0.1) is 0 Å². The number of hydrogen-bond donors (Lipinski definition) is 1. The minimum atomic E-state index is -0.323. The number of nitrogens with one attached hydrogen (secondary N) is 1. The number of aryl methyl sites for hydroxylation is 1. The molecule has 0 saturated heterocycles. The van der Waals surface area contributed by atoms with Gasteiger partial charge in [-0.2, -0.15) is 10.1 Å². The van der Waals surface area contributed by atoms with E-state index >= 15 is 0 Å². The average Bonchev–Trinajstić information content (AvgIpc) is 3.40. The molecule has 4 aromatic rings. The van der Waals surface area contributed by atoms with Gasteiger partial charge in [-0.3, -0.25) is 9.36 Å². The normalized spacial score (nSPS) is 14.5. The molecule has 0 unspecified atom stereocenters. The van der Waals surface area contributed by atoms with Gasteiger partial charge >= 0.3 is 0 Å². The fraction of sp³-hybridized carbons (Fsp3) is 0.273. The lowest BCUT2D eigenvalue weighted by atomic mass is 10.1. The number of rotatable bonds is 4. The summed E-state index contributed by atoms with van der Waals surface area (Å²) in [5, 5.41) is 8.39. The Labute approximate surface area is 172 Å². The summed E-state index contributed by atoms with van der Waals surface area (Å²) in [6.07, 6.45) is 7.71. The van der Waals surface area contributed by atoms with Crippen molar-refractivity contribution in [2.75, 3.05) is 5.32 Å². The second kappa shape index (κ2) is 7.37. The molecule has 1 N–H and O–H groups in total. The number of anilines is 2. The summed E-state index contributed by atoms with van der Waals surface area (Å²) in [5.74, 6) is 0.570. The molecule has 8 heteroatoms. The van der Waals surface area contributed by atoms with Crippen LogP contribution in [0.15, 0.2) is 53.6 Å². The molecule has 0 bridgehead atoms. The van der Waals surface area contributed by atoms with Gasteiger partial charge in [0.05, 0.1) is 5.69 Å². The molecule has 1 saturated carbocycles. The van der Waals surface area contributed by atoms with Gasteiger partial charge in [-0.25, -0.2) is 14.1 Å². The Morgan fingerprint density at radius 2 is 2.00 bits per heavy atom. The number of benzene rings is 1. The first-order chi connectivity index (χ1) is 14.6. The van der Waals surface area contributed by atoms with Crippen LogP contribution in [-0.4, -0.2) is 24.3 Å². The van der Waals surface area contributed by atoms with E-state index in [1.165, 1.54) is 12.1 Å². The predicted octanol–water partition coefficient (Wildman–Crippen LogP) is 4.28. The average molecular weight is 404 g/mol. The number of nitrogens with zero attached hydrogens (tertiary/aromatic N) is 5. The number of fused-ring (bicyclic) bond motifs is 1. The smallest absolute Gasteiger partial charge is 0.252 e. The summed E-state index contributed by atoms with van der Waals surface area (Å²) in [7, 11) is 0. The molecular formula is C22H21FN6O. The quantitative estimate of drug-likeness (QED) is 0.549. The van der Waals surface area contributed by atoms with Crippen molar-refractivity contribution in [3.8, 4) is 5.69 Å². The zero-order chi connectivity index (χ0) is 20.7. The zero-order valence-corrected chi connectivity index (χ0v) is 16.5. The Morgan fingerprint density at radius 1 is 1.17 bits per heavy atom. The third-order valence-electron chi connectivity index (χ3n) is 5.59. The molecule has 0 spiro atoms. The molecule has 152 valence electrons. The van der Waals surface area contributed by atoms with Crippen molar-refractivity contribution in [3.05, 3.63) is 70.5 Å². The monoisotopic (exact) mass is 404 g/mol. The van der Waals surface area contributed by atoms with Crippen LogP contribution < -0.4 is 10.9 Å². The number of halogens is 1. The first kappa shape index (κ1) is 18.5. The van der Waals surface area contributed by atoms with Crippen LogP contribution in [0.2, 0.25) is 0 Å². The first-order valence-corrected chi connectivity index (χ1v) is 10.1. The summed E-state index contributed by atoms with van der Waals surface area (Å²) in [6.45, 7) is 1.90. The zero-order valence-electron chi connectivity index (χ0n) is 16.5. The van der Waals surface area contributed by atoms with Crippen LogP contribution in [-0.2, 0) is 0 Å². The van der Waals surface area contributed by atoms with E-state index in [4.69, 9.17) is 0 Å². The minimum Gasteiger partial charge on any atom is -0.307 e. The summed E-state index contributed by atoms with van der Waals surface area (Å²) >= 11 is 0. The lowest BCUT2D eigenvalue weighted by Gasteiger charge is -2.17.